The Morgan fingerprint density at radius 1 is 1.09 bits per heavy atom. The molecule has 3 aromatic rings. The van der Waals surface area contributed by atoms with Crippen LogP contribution in [-0.4, -0.2) is 49.9 Å². The van der Waals surface area contributed by atoms with Gasteiger partial charge in [0, 0.05) is 43.3 Å². The number of piperidine rings is 1. The summed E-state index contributed by atoms with van der Waals surface area (Å²) < 4.78 is 1.96. The van der Waals surface area contributed by atoms with Crippen molar-refractivity contribution in [2.24, 2.45) is 7.05 Å². The summed E-state index contributed by atoms with van der Waals surface area (Å²) in [6.45, 7) is 0.437. The molecule has 0 aliphatic carbocycles. The van der Waals surface area contributed by atoms with Crippen LogP contribution < -0.4 is 5.32 Å². The van der Waals surface area contributed by atoms with Gasteiger partial charge in [0.2, 0.25) is 11.8 Å². The van der Waals surface area contributed by atoms with Crippen LogP contribution in [0.15, 0.2) is 48.8 Å². The number of carbonyl (C=O) groups excluding carboxylic acids is 3. The van der Waals surface area contributed by atoms with Crippen LogP contribution in [0.25, 0.3) is 22.5 Å². The van der Waals surface area contributed by atoms with Crippen molar-refractivity contribution in [3.05, 3.63) is 65.5 Å². The number of amides is 3. The number of aryl methyl sites for hydroxylation is 1. The monoisotopic (exact) mass is 444 g/mol. The largest absolute Gasteiger partial charge is 0.396 e. The summed E-state index contributed by atoms with van der Waals surface area (Å²) in [5, 5.41) is 11.5. The van der Waals surface area contributed by atoms with E-state index in [0.717, 1.165) is 33.6 Å². The summed E-state index contributed by atoms with van der Waals surface area (Å²) in [6.07, 6.45) is 2.95. The molecule has 2 aliphatic heterocycles. The molecule has 2 aromatic carbocycles. The van der Waals surface area contributed by atoms with Crippen molar-refractivity contribution in [2.75, 3.05) is 6.61 Å². The van der Waals surface area contributed by atoms with E-state index in [4.69, 9.17) is 5.11 Å². The van der Waals surface area contributed by atoms with E-state index in [9.17, 15) is 14.4 Å². The lowest BCUT2D eigenvalue weighted by molar-refractivity contribution is -0.136. The Hall–Kier alpha value is -3.78. The SMILES string of the molecule is Cn1cnc(-c2ccc3c(c2)CN(C2CCC(=O)NC2=O)C3=O)c1-c1ccc(CCO)cc1. The first-order chi connectivity index (χ1) is 16.0. The lowest BCUT2D eigenvalue weighted by atomic mass is 10.00. The van der Waals surface area contributed by atoms with Crippen LogP contribution in [0, 0.1) is 0 Å². The van der Waals surface area contributed by atoms with Crippen molar-refractivity contribution in [2.45, 2.75) is 31.8 Å². The molecule has 1 aromatic heterocycles. The molecule has 2 N–H and O–H groups in total. The topological polar surface area (TPSA) is 105 Å². The van der Waals surface area contributed by atoms with E-state index in [1.807, 2.05) is 48.0 Å². The van der Waals surface area contributed by atoms with Gasteiger partial charge in [-0.15, -0.1) is 0 Å². The van der Waals surface area contributed by atoms with E-state index in [0.29, 0.717) is 24.9 Å². The molecule has 1 fully saturated rings. The minimum Gasteiger partial charge on any atom is -0.396 e. The van der Waals surface area contributed by atoms with Crippen LogP contribution >= 0.6 is 0 Å². The first-order valence-corrected chi connectivity index (χ1v) is 11.0. The van der Waals surface area contributed by atoms with Crippen LogP contribution in [0.2, 0.25) is 0 Å². The molecule has 1 unspecified atom stereocenters. The van der Waals surface area contributed by atoms with Crippen LogP contribution in [0.4, 0.5) is 0 Å². The average molecular weight is 444 g/mol. The number of carbonyl (C=O) groups is 3. The van der Waals surface area contributed by atoms with Gasteiger partial charge in [-0.3, -0.25) is 19.7 Å². The normalized spacial score (nSPS) is 17.9. The number of aliphatic hydroxyl groups excluding tert-OH is 1. The van der Waals surface area contributed by atoms with E-state index in [-0.39, 0.29) is 24.8 Å². The van der Waals surface area contributed by atoms with E-state index >= 15 is 0 Å². The van der Waals surface area contributed by atoms with E-state index in [2.05, 4.69) is 10.3 Å². The van der Waals surface area contributed by atoms with Gasteiger partial charge in [0.05, 0.1) is 17.7 Å². The first kappa shape index (κ1) is 21.1. The summed E-state index contributed by atoms with van der Waals surface area (Å²) in [7, 11) is 1.94. The molecule has 0 spiro atoms. The number of rotatable bonds is 5. The standard InChI is InChI=1S/C25H24N4O4/c1-28-14-26-22(23(28)16-4-2-15(3-5-16)10-11-30)17-6-7-19-18(12-17)13-29(25(19)33)20-8-9-21(31)27-24(20)32/h2-7,12,14,20,30H,8-11,13H2,1H3,(H,27,31,32). The number of nitrogens with one attached hydrogen (secondary N) is 1. The summed E-state index contributed by atoms with van der Waals surface area (Å²) in [5.74, 6) is -0.897. The Morgan fingerprint density at radius 2 is 1.85 bits per heavy atom. The number of aliphatic hydroxyl groups is 1. The molecule has 3 amide bonds. The summed E-state index contributed by atoms with van der Waals surface area (Å²) in [6, 6.07) is 13.1. The Morgan fingerprint density at radius 3 is 2.58 bits per heavy atom. The van der Waals surface area contributed by atoms with Crippen molar-refractivity contribution in [3.63, 3.8) is 0 Å². The first-order valence-electron chi connectivity index (χ1n) is 11.0. The number of hydrogen-bond donors (Lipinski definition) is 2. The molecule has 5 rings (SSSR count). The van der Waals surface area contributed by atoms with Gasteiger partial charge >= 0.3 is 0 Å². The predicted molar refractivity (Wildman–Crippen MR) is 121 cm³/mol. The van der Waals surface area contributed by atoms with Crippen molar-refractivity contribution in [1.29, 1.82) is 0 Å². The number of hydrogen-bond acceptors (Lipinski definition) is 5. The second-order valence-corrected chi connectivity index (χ2v) is 8.50. The molecule has 8 nitrogen and oxygen atoms in total. The highest BCUT2D eigenvalue weighted by molar-refractivity contribution is 6.05. The van der Waals surface area contributed by atoms with Crippen molar-refractivity contribution in [3.8, 4) is 22.5 Å². The van der Waals surface area contributed by atoms with Crippen LogP contribution in [0.5, 0.6) is 0 Å². The molecule has 2 aliphatic rings. The predicted octanol–water partition coefficient (Wildman–Crippen LogP) is 2.05. The van der Waals surface area contributed by atoms with Gasteiger partial charge in [-0.05, 0) is 36.1 Å². The molecular formula is C25H24N4O4. The zero-order chi connectivity index (χ0) is 23.1. The Balaban J connectivity index is 1.46. The highest BCUT2D eigenvalue weighted by Gasteiger charge is 2.39. The molecule has 3 heterocycles. The van der Waals surface area contributed by atoms with Crippen molar-refractivity contribution in [1.82, 2.24) is 19.8 Å². The average Bonchev–Trinajstić information content (AvgIpc) is 3.34. The number of aromatic nitrogens is 2. The molecule has 0 bridgehead atoms. The lowest BCUT2D eigenvalue weighted by Gasteiger charge is -2.29. The maximum absolute atomic E-state index is 13.0. The number of nitrogens with zero attached hydrogens (tertiary/aromatic N) is 3. The van der Waals surface area contributed by atoms with Gasteiger partial charge in [-0.1, -0.05) is 30.3 Å². The van der Waals surface area contributed by atoms with Gasteiger partial charge in [0.15, 0.2) is 0 Å². The minimum absolute atomic E-state index is 0.111. The van der Waals surface area contributed by atoms with Crippen molar-refractivity contribution >= 4 is 17.7 Å². The van der Waals surface area contributed by atoms with Crippen molar-refractivity contribution < 1.29 is 19.5 Å². The fourth-order valence-electron chi connectivity index (χ4n) is 4.66. The second kappa shape index (κ2) is 8.29. The quantitative estimate of drug-likeness (QED) is 0.586. The third-order valence-corrected chi connectivity index (χ3v) is 6.36. The van der Waals surface area contributed by atoms with Gasteiger partial charge in [0.1, 0.15) is 6.04 Å². The zero-order valence-electron chi connectivity index (χ0n) is 18.2. The Kier molecular flexibility index (Phi) is 5.30. The maximum Gasteiger partial charge on any atom is 0.255 e. The Labute approximate surface area is 190 Å². The molecule has 8 heteroatoms. The van der Waals surface area contributed by atoms with E-state index < -0.39 is 11.9 Å². The number of benzene rings is 2. The molecule has 0 radical (unpaired) electrons. The molecule has 0 saturated carbocycles. The minimum atomic E-state index is -0.631. The molecular weight excluding hydrogens is 420 g/mol. The number of imidazole rings is 1. The van der Waals surface area contributed by atoms with Gasteiger partial charge < -0.3 is 14.6 Å². The maximum atomic E-state index is 13.0. The highest BCUT2D eigenvalue weighted by Crippen LogP contribution is 2.35. The number of fused-ring (bicyclic) bond motifs is 1. The molecule has 33 heavy (non-hydrogen) atoms. The third-order valence-electron chi connectivity index (χ3n) is 6.36. The van der Waals surface area contributed by atoms with Gasteiger partial charge in [-0.25, -0.2) is 4.98 Å². The smallest absolute Gasteiger partial charge is 0.255 e. The fraction of sp³-hybridized carbons (Fsp3) is 0.280. The van der Waals surface area contributed by atoms with Crippen LogP contribution in [0.3, 0.4) is 0 Å². The third kappa shape index (κ3) is 3.72. The van der Waals surface area contributed by atoms with E-state index in [1.54, 1.807) is 17.3 Å². The van der Waals surface area contributed by atoms with Gasteiger partial charge in [-0.2, -0.15) is 0 Å². The lowest BCUT2D eigenvalue weighted by Crippen LogP contribution is -2.52. The van der Waals surface area contributed by atoms with Crippen LogP contribution in [0.1, 0.15) is 34.3 Å². The number of imide groups is 1. The zero-order valence-corrected chi connectivity index (χ0v) is 18.2. The van der Waals surface area contributed by atoms with Crippen LogP contribution in [-0.2, 0) is 29.6 Å². The molecule has 1 saturated heterocycles. The summed E-state index contributed by atoms with van der Waals surface area (Å²) in [5.41, 5.74) is 6.15. The fourth-order valence-corrected chi connectivity index (χ4v) is 4.66. The summed E-state index contributed by atoms with van der Waals surface area (Å²) in [4.78, 5) is 42.9. The highest BCUT2D eigenvalue weighted by atomic mass is 16.3. The Bertz CT molecular complexity index is 1260. The summed E-state index contributed by atoms with van der Waals surface area (Å²) >= 11 is 0. The second-order valence-electron chi connectivity index (χ2n) is 8.50. The molecule has 1 atom stereocenters. The molecule has 168 valence electrons. The van der Waals surface area contributed by atoms with E-state index in [1.165, 1.54) is 0 Å². The van der Waals surface area contributed by atoms with Gasteiger partial charge in [0.25, 0.3) is 5.91 Å².